The van der Waals surface area contributed by atoms with Crippen LogP contribution in [0.15, 0.2) is 24.3 Å². The highest BCUT2D eigenvalue weighted by Gasteiger charge is 2.22. The third-order valence-corrected chi connectivity index (χ3v) is 4.52. The molecule has 0 amide bonds. The summed E-state index contributed by atoms with van der Waals surface area (Å²) in [5, 5.41) is 3.71. The molecule has 0 saturated heterocycles. The molecule has 0 heterocycles. The van der Waals surface area contributed by atoms with Gasteiger partial charge in [-0.05, 0) is 51.5 Å². The first-order valence-corrected chi connectivity index (χ1v) is 8.25. The third-order valence-electron chi connectivity index (χ3n) is 4.52. The van der Waals surface area contributed by atoms with Gasteiger partial charge in [-0.3, -0.25) is 0 Å². The van der Waals surface area contributed by atoms with Crippen LogP contribution in [-0.4, -0.2) is 12.1 Å². The van der Waals surface area contributed by atoms with Crippen LogP contribution in [0.5, 0.6) is 0 Å². The Morgan fingerprint density at radius 1 is 1.10 bits per heavy atom. The lowest BCUT2D eigenvalue weighted by atomic mass is 9.87. The molecule has 1 atom stereocenters. The molecule has 1 aliphatic carbocycles. The van der Waals surface area contributed by atoms with Crippen molar-refractivity contribution in [2.45, 2.75) is 71.3 Å². The summed E-state index contributed by atoms with van der Waals surface area (Å²) in [6.07, 6.45) is 7.12. The molecular formula is C19H31N. The van der Waals surface area contributed by atoms with E-state index in [1.165, 1.54) is 43.2 Å². The van der Waals surface area contributed by atoms with Crippen LogP contribution in [-0.2, 0) is 0 Å². The maximum atomic E-state index is 3.71. The van der Waals surface area contributed by atoms with E-state index in [4.69, 9.17) is 0 Å². The van der Waals surface area contributed by atoms with Crippen molar-refractivity contribution in [3.05, 3.63) is 35.4 Å². The maximum Gasteiger partial charge on any atom is 0.00967 e. The summed E-state index contributed by atoms with van der Waals surface area (Å²) >= 11 is 0. The van der Waals surface area contributed by atoms with Crippen molar-refractivity contribution < 1.29 is 0 Å². The molecule has 1 nitrogen and oxygen atoms in total. The van der Waals surface area contributed by atoms with Gasteiger partial charge < -0.3 is 5.32 Å². The first-order chi connectivity index (χ1) is 9.44. The van der Waals surface area contributed by atoms with Gasteiger partial charge in [-0.2, -0.15) is 0 Å². The molecule has 112 valence electrons. The Labute approximate surface area is 125 Å². The quantitative estimate of drug-likeness (QED) is 0.792. The molecule has 20 heavy (non-hydrogen) atoms. The van der Waals surface area contributed by atoms with Crippen molar-refractivity contribution >= 4 is 0 Å². The standard InChI is InChI=1S/C19H31N/c1-15-9-11-17(12-10-15)18(14-20-19(2,3)4)13-16-7-5-6-8-16/h9-12,16,18,20H,5-8,13-14H2,1-4H3. The number of benzene rings is 1. The number of nitrogens with one attached hydrogen (secondary N) is 1. The second-order valence-corrected chi connectivity index (χ2v) is 7.62. The number of hydrogen-bond acceptors (Lipinski definition) is 1. The molecule has 1 aromatic carbocycles. The van der Waals surface area contributed by atoms with E-state index in [0.717, 1.165) is 12.5 Å². The minimum Gasteiger partial charge on any atom is -0.311 e. The van der Waals surface area contributed by atoms with Gasteiger partial charge in [0.2, 0.25) is 0 Å². The van der Waals surface area contributed by atoms with Crippen molar-refractivity contribution in [3.63, 3.8) is 0 Å². The van der Waals surface area contributed by atoms with Crippen LogP contribution >= 0.6 is 0 Å². The first-order valence-electron chi connectivity index (χ1n) is 8.25. The zero-order chi connectivity index (χ0) is 14.6. The van der Waals surface area contributed by atoms with E-state index in [1.54, 1.807) is 0 Å². The minimum atomic E-state index is 0.207. The Morgan fingerprint density at radius 3 is 2.25 bits per heavy atom. The lowest BCUT2D eigenvalue weighted by molar-refractivity contribution is 0.368. The Morgan fingerprint density at radius 2 is 1.70 bits per heavy atom. The predicted molar refractivity (Wildman–Crippen MR) is 88.3 cm³/mol. The van der Waals surface area contributed by atoms with Crippen LogP contribution in [0.1, 0.15) is 69.9 Å². The molecule has 0 spiro atoms. The molecule has 1 saturated carbocycles. The van der Waals surface area contributed by atoms with Crippen molar-refractivity contribution in [2.24, 2.45) is 5.92 Å². The van der Waals surface area contributed by atoms with Crippen LogP contribution in [0.3, 0.4) is 0 Å². The van der Waals surface area contributed by atoms with Crippen molar-refractivity contribution in [1.82, 2.24) is 5.32 Å². The van der Waals surface area contributed by atoms with Crippen LogP contribution in [0.25, 0.3) is 0 Å². The fourth-order valence-electron chi connectivity index (χ4n) is 3.25. The Bertz CT molecular complexity index is 393. The highest BCUT2D eigenvalue weighted by atomic mass is 14.9. The van der Waals surface area contributed by atoms with Crippen LogP contribution in [0.4, 0.5) is 0 Å². The van der Waals surface area contributed by atoms with Crippen LogP contribution in [0, 0.1) is 12.8 Å². The summed E-state index contributed by atoms with van der Waals surface area (Å²) < 4.78 is 0. The molecule has 0 aliphatic heterocycles. The zero-order valence-electron chi connectivity index (χ0n) is 13.7. The molecule has 1 aliphatic rings. The molecule has 0 bridgehead atoms. The molecule has 1 aromatic rings. The fourth-order valence-corrected chi connectivity index (χ4v) is 3.25. The van der Waals surface area contributed by atoms with Gasteiger partial charge in [0, 0.05) is 12.1 Å². The van der Waals surface area contributed by atoms with E-state index in [2.05, 4.69) is 57.3 Å². The molecule has 1 unspecified atom stereocenters. The van der Waals surface area contributed by atoms with E-state index < -0.39 is 0 Å². The summed E-state index contributed by atoms with van der Waals surface area (Å²) in [6, 6.07) is 9.18. The lowest BCUT2D eigenvalue weighted by Gasteiger charge is -2.27. The Kier molecular flexibility index (Phi) is 5.26. The van der Waals surface area contributed by atoms with Gasteiger partial charge in [-0.15, -0.1) is 0 Å². The average molecular weight is 273 g/mol. The molecule has 1 N–H and O–H groups in total. The summed E-state index contributed by atoms with van der Waals surface area (Å²) in [5.41, 5.74) is 3.08. The summed E-state index contributed by atoms with van der Waals surface area (Å²) in [7, 11) is 0. The predicted octanol–water partition coefficient (Wildman–Crippen LogP) is 5.05. The zero-order valence-corrected chi connectivity index (χ0v) is 13.7. The molecular weight excluding hydrogens is 242 g/mol. The Hall–Kier alpha value is -0.820. The van der Waals surface area contributed by atoms with Gasteiger partial charge in [0.25, 0.3) is 0 Å². The topological polar surface area (TPSA) is 12.0 Å². The van der Waals surface area contributed by atoms with Crippen molar-refractivity contribution in [3.8, 4) is 0 Å². The van der Waals surface area contributed by atoms with E-state index in [9.17, 15) is 0 Å². The van der Waals surface area contributed by atoms with Crippen LogP contribution in [0.2, 0.25) is 0 Å². The highest BCUT2D eigenvalue weighted by molar-refractivity contribution is 5.25. The highest BCUT2D eigenvalue weighted by Crippen LogP contribution is 2.34. The van der Waals surface area contributed by atoms with Gasteiger partial charge in [-0.1, -0.05) is 55.5 Å². The van der Waals surface area contributed by atoms with E-state index in [1.807, 2.05) is 0 Å². The largest absolute Gasteiger partial charge is 0.311 e. The van der Waals surface area contributed by atoms with Gasteiger partial charge in [0.05, 0.1) is 0 Å². The summed E-state index contributed by atoms with van der Waals surface area (Å²) in [4.78, 5) is 0. The van der Waals surface area contributed by atoms with Gasteiger partial charge >= 0.3 is 0 Å². The second-order valence-electron chi connectivity index (χ2n) is 7.62. The van der Waals surface area contributed by atoms with E-state index >= 15 is 0 Å². The van der Waals surface area contributed by atoms with Crippen molar-refractivity contribution in [1.29, 1.82) is 0 Å². The maximum absolute atomic E-state index is 3.71. The SMILES string of the molecule is Cc1ccc(C(CNC(C)(C)C)CC2CCCC2)cc1. The normalized spacial score (nSPS) is 18.4. The molecule has 2 rings (SSSR count). The summed E-state index contributed by atoms with van der Waals surface area (Å²) in [6.45, 7) is 10.0. The van der Waals surface area contributed by atoms with E-state index in [-0.39, 0.29) is 5.54 Å². The molecule has 0 radical (unpaired) electrons. The van der Waals surface area contributed by atoms with Gasteiger partial charge in [-0.25, -0.2) is 0 Å². The number of hydrogen-bond donors (Lipinski definition) is 1. The lowest BCUT2D eigenvalue weighted by Crippen LogP contribution is -2.38. The monoisotopic (exact) mass is 273 g/mol. The molecule has 1 heteroatoms. The molecule has 0 aromatic heterocycles. The van der Waals surface area contributed by atoms with E-state index in [0.29, 0.717) is 5.92 Å². The Balaban J connectivity index is 2.03. The second kappa shape index (κ2) is 6.76. The molecule has 1 fully saturated rings. The first kappa shape index (κ1) is 15.6. The third kappa shape index (κ3) is 4.94. The smallest absolute Gasteiger partial charge is 0.00967 e. The summed E-state index contributed by atoms with van der Waals surface area (Å²) in [5.74, 6) is 1.61. The van der Waals surface area contributed by atoms with Crippen molar-refractivity contribution in [2.75, 3.05) is 6.54 Å². The fraction of sp³-hybridized carbons (Fsp3) is 0.684. The minimum absolute atomic E-state index is 0.207. The number of aryl methyl sites for hydroxylation is 1. The van der Waals surface area contributed by atoms with Gasteiger partial charge in [0.15, 0.2) is 0 Å². The average Bonchev–Trinajstić information content (AvgIpc) is 2.87. The van der Waals surface area contributed by atoms with Gasteiger partial charge in [0.1, 0.15) is 0 Å². The number of rotatable bonds is 5. The van der Waals surface area contributed by atoms with Crippen LogP contribution < -0.4 is 5.32 Å².